The lowest BCUT2D eigenvalue weighted by molar-refractivity contribution is -0.523. The fourth-order valence-corrected chi connectivity index (χ4v) is 4.60. The second-order valence-electron chi connectivity index (χ2n) is 6.29. The Labute approximate surface area is 143 Å². The van der Waals surface area contributed by atoms with Gasteiger partial charge in [0.25, 0.3) is 6.17 Å². The Balaban J connectivity index is 2.28. The van der Waals surface area contributed by atoms with Crippen LogP contribution in [0, 0.1) is 12.1 Å². The van der Waals surface area contributed by atoms with Crippen molar-refractivity contribution in [3.05, 3.63) is 40.6 Å². The number of nitrogens with zero attached hydrogens (tertiary/aromatic N) is 2. The smallest absolute Gasteiger partial charge is 0.254 e. The van der Waals surface area contributed by atoms with E-state index in [1.165, 1.54) is 5.56 Å². The fourth-order valence-electron chi connectivity index (χ4n) is 2.67. The molecule has 120 valence electrons. The van der Waals surface area contributed by atoms with Crippen molar-refractivity contribution in [3.8, 4) is 0 Å². The lowest BCUT2D eigenvalue weighted by Gasteiger charge is -2.29. The summed E-state index contributed by atoms with van der Waals surface area (Å²) in [6, 6.07) is 8.00. The highest BCUT2D eigenvalue weighted by molar-refractivity contribution is 8.24. The SMILES string of the molecule is CCCCN1C(=S)SC(C)(C)C1/[N+]([O-])=C/c1ccc(C)cc1. The zero-order chi connectivity index (χ0) is 16.3. The Morgan fingerprint density at radius 2 is 2.00 bits per heavy atom. The van der Waals surface area contributed by atoms with Crippen LogP contribution in [-0.2, 0) is 0 Å². The van der Waals surface area contributed by atoms with E-state index in [0.29, 0.717) is 0 Å². The Morgan fingerprint density at radius 1 is 1.36 bits per heavy atom. The second kappa shape index (κ2) is 7.01. The average Bonchev–Trinajstić information content (AvgIpc) is 2.67. The van der Waals surface area contributed by atoms with E-state index in [4.69, 9.17) is 12.2 Å². The van der Waals surface area contributed by atoms with Gasteiger partial charge in [-0.2, -0.15) is 4.74 Å². The van der Waals surface area contributed by atoms with Crippen molar-refractivity contribution in [2.24, 2.45) is 0 Å². The topological polar surface area (TPSA) is 29.3 Å². The first kappa shape index (κ1) is 17.3. The van der Waals surface area contributed by atoms with Crippen LogP contribution < -0.4 is 0 Å². The van der Waals surface area contributed by atoms with Crippen LogP contribution in [-0.4, -0.2) is 37.6 Å². The highest BCUT2D eigenvalue weighted by Crippen LogP contribution is 2.41. The van der Waals surface area contributed by atoms with Gasteiger partial charge in [-0.15, -0.1) is 0 Å². The Bertz CT molecular complexity index is 567. The maximum Gasteiger partial charge on any atom is 0.254 e. The second-order valence-corrected chi connectivity index (χ2v) is 8.58. The Hall–Kier alpha value is -1.07. The van der Waals surface area contributed by atoms with Crippen LogP contribution in [0.25, 0.3) is 0 Å². The molecule has 0 radical (unpaired) electrons. The summed E-state index contributed by atoms with van der Waals surface area (Å²) in [6.07, 6.45) is 3.57. The Kier molecular flexibility index (Phi) is 5.50. The van der Waals surface area contributed by atoms with Crippen LogP contribution >= 0.6 is 24.0 Å². The molecule has 1 aliphatic heterocycles. The molecule has 1 aliphatic rings. The maximum absolute atomic E-state index is 12.8. The minimum absolute atomic E-state index is 0.215. The lowest BCUT2D eigenvalue weighted by Crippen LogP contribution is -2.48. The van der Waals surface area contributed by atoms with Gasteiger partial charge in [-0.05, 0) is 39.3 Å². The summed E-state index contributed by atoms with van der Waals surface area (Å²) in [6.45, 7) is 9.22. The van der Waals surface area contributed by atoms with E-state index in [9.17, 15) is 5.21 Å². The molecule has 0 amide bonds. The normalized spacial score (nSPS) is 21.5. The summed E-state index contributed by atoms with van der Waals surface area (Å²) in [7, 11) is 0. The van der Waals surface area contributed by atoms with Gasteiger partial charge in [-0.3, -0.25) is 4.90 Å². The molecule has 1 aromatic rings. The van der Waals surface area contributed by atoms with E-state index in [0.717, 1.165) is 34.0 Å². The van der Waals surface area contributed by atoms with Crippen molar-refractivity contribution in [1.82, 2.24) is 4.90 Å². The van der Waals surface area contributed by atoms with Gasteiger partial charge in [0.15, 0.2) is 6.21 Å². The molecule has 0 N–H and O–H groups in total. The first-order valence-electron chi connectivity index (χ1n) is 7.72. The molecule has 0 aliphatic carbocycles. The van der Waals surface area contributed by atoms with E-state index < -0.39 is 0 Å². The zero-order valence-corrected chi connectivity index (χ0v) is 15.3. The standard InChI is InChI=1S/C17H24N2OS2/c1-5-6-11-18-15(17(3,4)22-16(18)21)19(20)12-14-9-7-13(2)8-10-14/h7-10,12,15H,5-6,11H2,1-4H3/b19-12-. The van der Waals surface area contributed by atoms with E-state index >= 15 is 0 Å². The van der Waals surface area contributed by atoms with Gasteiger partial charge in [0, 0.05) is 12.1 Å². The van der Waals surface area contributed by atoms with Crippen LogP contribution in [0.1, 0.15) is 44.7 Å². The van der Waals surface area contributed by atoms with Crippen LogP contribution in [0.15, 0.2) is 24.3 Å². The van der Waals surface area contributed by atoms with Gasteiger partial charge in [0.1, 0.15) is 9.07 Å². The van der Waals surface area contributed by atoms with Crippen LogP contribution in [0.3, 0.4) is 0 Å². The molecular formula is C17H24N2OS2. The quantitative estimate of drug-likeness (QED) is 0.265. The van der Waals surface area contributed by atoms with Gasteiger partial charge in [-0.25, -0.2) is 0 Å². The predicted molar refractivity (Wildman–Crippen MR) is 99.6 cm³/mol. The number of benzene rings is 1. The number of aryl methyl sites for hydroxylation is 1. The minimum atomic E-state index is -0.252. The molecule has 0 bridgehead atoms. The molecule has 5 heteroatoms. The molecule has 1 saturated heterocycles. The first-order valence-corrected chi connectivity index (χ1v) is 8.94. The summed E-state index contributed by atoms with van der Waals surface area (Å²) in [4.78, 5) is 2.08. The number of hydroxylamine groups is 1. The third-order valence-corrected chi connectivity index (χ3v) is 5.48. The van der Waals surface area contributed by atoms with Crippen LogP contribution in [0.4, 0.5) is 0 Å². The van der Waals surface area contributed by atoms with Crippen molar-refractivity contribution in [2.45, 2.75) is 51.4 Å². The summed E-state index contributed by atoms with van der Waals surface area (Å²) in [5.74, 6) is 0. The van der Waals surface area contributed by atoms with Crippen LogP contribution in [0.2, 0.25) is 0 Å². The predicted octanol–water partition coefficient (Wildman–Crippen LogP) is 4.16. The van der Waals surface area contributed by atoms with Crippen molar-refractivity contribution in [1.29, 1.82) is 0 Å². The number of hydrogen-bond donors (Lipinski definition) is 0. The van der Waals surface area contributed by atoms with Gasteiger partial charge in [0.05, 0.1) is 0 Å². The highest BCUT2D eigenvalue weighted by Gasteiger charge is 2.50. The third kappa shape index (κ3) is 3.82. The number of rotatable bonds is 5. The number of thioether (sulfide) groups is 1. The van der Waals surface area contributed by atoms with Crippen molar-refractivity contribution < 1.29 is 4.74 Å². The molecular weight excluding hydrogens is 312 g/mol. The van der Waals surface area contributed by atoms with E-state index in [-0.39, 0.29) is 10.9 Å². The first-order chi connectivity index (χ1) is 10.3. The molecule has 1 aromatic carbocycles. The van der Waals surface area contributed by atoms with Gasteiger partial charge in [0.2, 0.25) is 0 Å². The monoisotopic (exact) mass is 336 g/mol. The molecule has 1 fully saturated rings. The Morgan fingerprint density at radius 3 is 2.59 bits per heavy atom. The van der Waals surface area contributed by atoms with Crippen molar-refractivity contribution >= 4 is 34.5 Å². The van der Waals surface area contributed by atoms with Gasteiger partial charge in [-0.1, -0.05) is 55.0 Å². The molecule has 0 spiro atoms. The molecule has 0 saturated carbocycles. The average molecular weight is 337 g/mol. The van der Waals surface area contributed by atoms with Crippen LogP contribution in [0.5, 0.6) is 0 Å². The van der Waals surface area contributed by atoms with Gasteiger partial charge >= 0.3 is 0 Å². The number of thiocarbonyl (C=S) groups is 1. The number of hydrogen-bond acceptors (Lipinski definition) is 3. The molecule has 1 heterocycles. The molecule has 22 heavy (non-hydrogen) atoms. The largest absolute Gasteiger partial charge is 0.622 e. The molecule has 1 atom stereocenters. The summed E-state index contributed by atoms with van der Waals surface area (Å²) >= 11 is 7.12. The molecule has 0 aromatic heterocycles. The molecule has 1 unspecified atom stereocenters. The third-order valence-electron chi connectivity index (χ3n) is 3.85. The van der Waals surface area contributed by atoms with E-state index in [1.807, 2.05) is 31.2 Å². The summed E-state index contributed by atoms with van der Waals surface area (Å²) in [5, 5.41) is 12.8. The van der Waals surface area contributed by atoms with Gasteiger partial charge < -0.3 is 5.21 Å². The van der Waals surface area contributed by atoms with E-state index in [1.54, 1.807) is 18.0 Å². The van der Waals surface area contributed by atoms with Crippen molar-refractivity contribution in [2.75, 3.05) is 6.54 Å². The fraction of sp³-hybridized carbons (Fsp3) is 0.529. The number of unbranched alkanes of at least 4 members (excludes halogenated alkanes) is 1. The highest BCUT2D eigenvalue weighted by atomic mass is 32.2. The molecule has 2 rings (SSSR count). The zero-order valence-electron chi connectivity index (χ0n) is 13.7. The summed E-state index contributed by atoms with van der Waals surface area (Å²) < 4.78 is 1.70. The lowest BCUT2D eigenvalue weighted by atomic mass is 10.1. The maximum atomic E-state index is 12.8. The van der Waals surface area contributed by atoms with Crippen molar-refractivity contribution in [3.63, 3.8) is 0 Å². The summed E-state index contributed by atoms with van der Waals surface area (Å²) in [5.41, 5.74) is 2.12. The van der Waals surface area contributed by atoms with E-state index in [2.05, 4.69) is 25.7 Å². The molecule has 3 nitrogen and oxygen atoms in total. The minimum Gasteiger partial charge on any atom is -0.622 e.